The number of benzene rings is 2. The Bertz CT molecular complexity index is 999. The zero-order chi connectivity index (χ0) is 17.6. The number of hydrogen-bond donors (Lipinski definition) is 3. The van der Waals surface area contributed by atoms with E-state index in [9.17, 15) is 9.90 Å². The average molecular weight is 342 g/mol. The lowest BCUT2D eigenvalue weighted by atomic mass is 9.90. The van der Waals surface area contributed by atoms with Gasteiger partial charge in [0.2, 0.25) is 0 Å². The number of phenols is 1. The highest BCUT2D eigenvalue weighted by molar-refractivity contribution is 6.31. The molecule has 0 atom stereocenters. The summed E-state index contributed by atoms with van der Waals surface area (Å²) in [5.41, 5.74) is 15.6. The molecule has 0 saturated carbocycles. The number of amides is 1. The smallest absolute Gasteiger partial charge is 0.250 e. The maximum atomic E-state index is 11.8. The highest BCUT2D eigenvalue weighted by atomic mass is 35.5. The van der Waals surface area contributed by atoms with E-state index in [0.29, 0.717) is 27.1 Å². The molecule has 6 heteroatoms. The van der Waals surface area contributed by atoms with Crippen molar-refractivity contribution in [2.45, 2.75) is 13.8 Å². The van der Waals surface area contributed by atoms with Crippen LogP contribution in [0.15, 0.2) is 30.5 Å². The van der Waals surface area contributed by atoms with E-state index in [-0.39, 0.29) is 17.0 Å². The van der Waals surface area contributed by atoms with Gasteiger partial charge in [-0.1, -0.05) is 17.7 Å². The fraction of sp³-hybridized carbons (Fsp3) is 0.111. The van der Waals surface area contributed by atoms with Crippen LogP contribution in [0.1, 0.15) is 21.5 Å². The third kappa shape index (κ3) is 2.43. The molecule has 0 unspecified atom stereocenters. The standard InChI is InChI=1S/C18H16ClN3O2/c1-8-3-4-13(23)9(2)14(8)15-16(20)12(18(21)24)6-10-5-11(19)7-22-17(10)15/h3-7,23H,20H2,1-2H3,(H2,21,24). The highest BCUT2D eigenvalue weighted by Crippen LogP contribution is 2.41. The summed E-state index contributed by atoms with van der Waals surface area (Å²) < 4.78 is 0. The monoisotopic (exact) mass is 341 g/mol. The van der Waals surface area contributed by atoms with Gasteiger partial charge >= 0.3 is 0 Å². The fourth-order valence-electron chi connectivity index (χ4n) is 2.95. The molecule has 0 saturated heterocycles. The maximum Gasteiger partial charge on any atom is 0.250 e. The summed E-state index contributed by atoms with van der Waals surface area (Å²) >= 11 is 6.03. The van der Waals surface area contributed by atoms with E-state index in [2.05, 4.69) is 4.98 Å². The van der Waals surface area contributed by atoms with Gasteiger partial charge in [-0.3, -0.25) is 9.78 Å². The van der Waals surface area contributed by atoms with Gasteiger partial charge in [-0.05, 0) is 48.7 Å². The summed E-state index contributed by atoms with van der Waals surface area (Å²) in [5.74, 6) is -0.493. The summed E-state index contributed by atoms with van der Waals surface area (Å²) in [7, 11) is 0. The number of phenolic OH excluding ortho intramolecular Hbond substituents is 1. The molecule has 0 aliphatic heterocycles. The molecule has 0 aliphatic rings. The molecule has 0 bridgehead atoms. The van der Waals surface area contributed by atoms with Crippen molar-refractivity contribution >= 4 is 34.1 Å². The van der Waals surface area contributed by atoms with Gasteiger partial charge in [0.05, 0.1) is 21.8 Å². The number of aryl methyl sites for hydroxylation is 1. The van der Waals surface area contributed by atoms with Crippen LogP contribution in [0.4, 0.5) is 5.69 Å². The Morgan fingerprint density at radius 3 is 2.58 bits per heavy atom. The van der Waals surface area contributed by atoms with E-state index in [4.69, 9.17) is 23.1 Å². The Morgan fingerprint density at radius 1 is 1.21 bits per heavy atom. The largest absolute Gasteiger partial charge is 0.508 e. The first-order chi connectivity index (χ1) is 11.3. The van der Waals surface area contributed by atoms with Gasteiger partial charge in [0, 0.05) is 17.1 Å². The zero-order valence-electron chi connectivity index (χ0n) is 13.2. The molecule has 2 aromatic carbocycles. The lowest BCUT2D eigenvalue weighted by Gasteiger charge is -2.17. The molecule has 5 nitrogen and oxygen atoms in total. The summed E-state index contributed by atoms with van der Waals surface area (Å²) in [6.07, 6.45) is 1.52. The van der Waals surface area contributed by atoms with E-state index in [0.717, 1.165) is 11.1 Å². The van der Waals surface area contributed by atoms with Crippen molar-refractivity contribution in [2.24, 2.45) is 5.73 Å². The number of aromatic nitrogens is 1. The van der Waals surface area contributed by atoms with Crippen LogP contribution in [-0.4, -0.2) is 16.0 Å². The van der Waals surface area contributed by atoms with Crippen molar-refractivity contribution in [1.82, 2.24) is 4.98 Å². The average Bonchev–Trinajstić information content (AvgIpc) is 2.52. The summed E-state index contributed by atoms with van der Waals surface area (Å²) in [6.45, 7) is 3.69. The molecule has 0 fully saturated rings. The topological polar surface area (TPSA) is 102 Å². The molecule has 0 spiro atoms. The van der Waals surface area contributed by atoms with Gasteiger partial charge in [0.25, 0.3) is 5.91 Å². The summed E-state index contributed by atoms with van der Waals surface area (Å²) in [5, 5.41) is 11.2. The van der Waals surface area contributed by atoms with Crippen LogP contribution in [0.3, 0.4) is 0 Å². The van der Waals surface area contributed by atoms with Crippen molar-refractivity contribution < 1.29 is 9.90 Å². The first-order valence-corrected chi connectivity index (χ1v) is 7.66. The number of nitrogen functional groups attached to an aromatic ring is 1. The van der Waals surface area contributed by atoms with Crippen LogP contribution >= 0.6 is 11.6 Å². The molecule has 3 aromatic rings. The normalized spacial score (nSPS) is 11.0. The number of fused-ring (bicyclic) bond motifs is 1. The molecule has 1 amide bonds. The molecule has 1 aromatic heterocycles. The van der Waals surface area contributed by atoms with Crippen LogP contribution in [0.25, 0.3) is 22.0 Å². The SMILES string of the molecule is Cc1ccc(O)c(C)c1-c1c(N)c(C(N)=O)cc2cc(Cl)cnc12. The number of carbonyl (C=O) groups excluding carboxylic acids is 1. The van der Waals surface area contributed by atoms with Crippen molar-refractivity contribution in [3.63, 3.8) is 0 Å². The number of halogens is 1. The van der Waals surface area contributed by atoms with Gasteiger partial charge in [-0.15, -0.1) is 0 Å². The number of pyridine rings is 1. The van der Waals surface area contributed by atoms with E-state index in [1.807, 2.05) is 6.92 Å². The van der Waals surface area contributed by atoms with E-state index < -0.39 is 5.91 Å². The predicted molar refractivity (Wildman–Crippen MR) is 96.3 cm³/mol. The number of nitrogens with two attached hydrogens (primary N) is 2. The molecule has 0 radical (unpaired) electrons. The van der Waals surface area contributed by atoms with Crippen molar-refractivity contribution in [2.75, 3.05) is 5.73 Å². The maximum absolute atomic E-state index is 11.8. The highest BCUT2D eigenvalue weighted by Gasteiger charge is 2.20. The lowest BCUT2D eigenvalue weighted by molar-refractivity contribution is 0.100. The number of anilines is 1. The molecular formula is C18H16ClN3O2. The quantitative estimate of drug-likeness (QED) is 0.620. The van der Waals surface area contributed by atoms with Crippen molar-refractivity contribution in [3.05, 3.63) is 52.2 Å². The van der Waals surface area contributed by atoms with Crippen LogP contribution in [0, 0.1) is 13.8 Å². The Hall–Kier alpha value is -2.79. The number of rotatable bonds is 2. The molecule has 1 heterocycles. The first-order valence-electron chi connectivity index (χ1n) is 7.28. The Morgan fingerprint density at radius 2 is 1.92 bits per heavy atom. The van der Waals surface area contributed by atoms with Crippen LogP contribution < -0.4 is 11.5 Å². The third-order valence-electron chi connectivity index (χ3n) is 4.14. The minimum atomic E-state index is -0.633. The Labute approximate surface area is 143 Å². The molecule has 3 rings (SSSR count). The number of carbonyl (C=O) groups is 1. The van der Waals surface area contributed by atoms with E-state index in [1.54, 1.807) is 31.2 Å². The van der Waals surface area contributed by atoms with Gasteiger partial charge in [-0.2, -0.15) is 0 Å². The molecule has 122 valence electrons. The second kappa shape index (κ2) is 5.69. The molecule has 0 aliphatic carbocycles. The number of primary amides is 1. The first kappa shape index (κ1) is 16.1. The second-order valence-electron chi connectivity index (χ2n) is 5.70. The Balaban J connectivity index is 2.54. The molecular weight excluding hydrogens is 326 g/mol. The zero-order valence-corrected chi connectivity index (χ0v) is 14.0. The summed E-state index contributed by atoms with van der Waals surface area (Å²) in [6, 6.07) is 6.69. The van der Waals surface area contributed by atoms with Crippen molar-refractivity contribution in [3.8, 4) is 16.9 Å². The fourth-order valence-corrected chi connectivity index (χ4v) is 3.11. The van der Waals surface area contributed by atoms with Crippen LogP contribution in [0.2, 0.25) is 5.02 Å². The number of hydrogen-bond acceptors (Lipinski definition) is 4. The molecule has 24 heavy (non-hydrogen) atoms. The minimum Gasteiger partial charge on any atom is -0.508 e. The summed E-state index contributed by atoms with van der Waals surface area (Å²) in [4.78, 5) is 16.2. The van der Waals surface area contributed by atoms with Crippen molar-refractivity contribution in [1.29, 1.82) is 0 Å². The number of aromatic hydroxyl groups is 1. The van der Waals surface area contributed by atoms with Gasteiger partial charge in [0.1, 0.15) is 5.75 Å². The van der Waals surface area contributed by atoms with E-state index in [1.165, 1.54) is 6.20 Å². The molecule has 5 N–H and O–H groups in total. The van der Waals surface area contributed by atoms with Crippen LogP contribution in [0.5, 0.6) is 5.75 Å². The predicted octanol–water partition coefficient (Wildman–Crippen LogP) is 3.56. The second-order valence-corrected chi connectivity index (χ2v) is 6.14. The van der Waals surface area contributed by atoms with Gasteiger partial charge < -0.3 is 16.6 Å². The minimum absolute atomic E-state index is 0.140. The van der Waals surface area contributed by atoms with Crippen LogP contribution in [-0.2, 0) is 0 Å². The van der Waals surface area contributed by atoms with E-state index >= 15 is 0 Å². The van der Waals surface area contributed by atoms with Gasteiger partial charge in [0.15, 0.2) is 0 Å². The Kier molecular flexibility index (Phi) is 3.81. The van der Waals surface area contributed by atoms with Gasteiger partial charge in [-0.25, -0.2) is 0 Å². The lowest BCUT2D eigenvalue weighted by Crippen LogP contribution is -2.14. The number of nitrogens with zero attached hydrogens (tertiary/aromatic N) is 1. The third-order valence-corrected chi connectivity index (χ3v) is 4.35.